The van der Waals surface area contributed by atoms with Crippen LogP contribution in [0.4, 0.5) is 5.82 Å². The van der Waals surface area contributed by atoms with Crippen molar-refractivity contribution in [3.63, 3.8) is 0 Å². The SMILES string of the molecule is Cc1cnc(-n2nc(C3CCNCC3)cc2NC(=O)c2cn[nH]cccnc2C)cn1. The first kappa shape index (κ1) is 20.6. The Bertz CT molecular complexity index is 1100. The minimum absolute atomic E-state index is 0.323. The van der Waals surface area contributed by atoms with Crippen LogP contribution < -0.4 is 10.6 Å². The second-order valence-corrected chi connectivity index (χ2v) is 7.38. The van der Waals surface area contributed by atoms with Crippen LogP contribution in [0.25, 0.3) is 5.82 Å². The highest BCUT2D eigenvalue weighted by atomic mass is 16.1. The van der Waals surface area contributed by atoms with Gasteiger partial charge in [-0.25, -0.2) is 4.98 Å². The number of carbonyl (C=O) groups is 1. The molecule has 0 aliphatic carbocycles. The largest absolute Gasteiger partial charge is 0.317 e. The van der Waals surface area contributed by atoms with E-state index in [4.69, 9.17) is 5.10 Å². The molecule has 0 radical (unpaired) electrons. The molecule has 0 saturated carbocycles. The predicted octanol–water partition coefficient (Wildman–Crippen LogP) is 2.24. The second kappa shape index (κ2) is 9.43. The number of hydrogen-bond donors (Lipinski definition) is 3. The quantitative estimate of drug-likeness (QED) is 0.592. The lowest BCUT2D eigenvalue weighted by Gasteiger charge is -2.20. The van der Waals surface area contributed by atoms with Crippen molar-refractivity contribution in [2.75, 3.05) is 18.4 Å². The summed E-state index contributed by atoms with van der Waals surface area (Å²) in [7, 11) is 0. The third-order valence-electron chi connectivity index (χ3n) is 5.14. The smallest absolute Gasteiger partial charge is 0.260 e. The van der Waals surface area contributed by atoms with Crippen LogP contribution in [-0.2, 0) is 0 Å². The molecule has 1 fully saturated rings. The molecule has 1 saturated heterocycles. The summed E-state index contributed by atoms with van der Waals surface area (Å²) >= 11 is 0. The summed E-state index contributed by atoms with van der Waals surface area (Å²) in [6.07, 6.45) is 10.0. The molecule has 3 aromatic rings. The van der Waals surface area contributed by atoms with Crippen LogP contribution >= 0.6 is 0 Å². The molecule has 10 nitrogen and oxygen atoms in total. The number of nitrogens with one attached hydrogen (secondary N) is 3. The van der Waals surface area contributed by atoms with Gasteiger partial charge in [0, 0.05) is 24.4 Å². The van der Waals surface area contributed by atoms with Crippen LogP contribution in [0.15, 0.2) is 43.1 Å². The molecule has 1 amide bonds. The Morgan fingerprint density at radius 3 is 2.74 bits per heavy atom. The van der Waals surface area contributed by atoms with Crippen molar-refractivity contribution in [2.45, 2.75) is 32.6 Å². The van der Waals surface area contributed by atoms with Crippen molar-refractivity contribution < 1.29 is 4.79 Å². The van der Waals surface area contributed by atoms with Gasteiger partial charge in [0.15, 0.2) is 5.82 Å². The molecule has 0 unspecified atom stereocenters. The first-order valence-corrected chi connectivity index (χ1v) is 10.2. The van der Waals surface area contributed by atoms with Crippen LogP contribution in [-0.4, -0.2) is 53.9 Å². The van der Waals surface area contributed by atoms with Crippen molar-refractivity contribution in [1.29, 1.82) is 0 Å². The van der Waals surface area contributed by atoms with Gasteiger partial charge in [0.25, 0.3) is 5.91 Å². The van der Waals surface area contributed by atoms with Gasteiger partial charge in [0.1, 0.15) is 5.82 Å². The maximum atomic E-state index is 13.1. The Hall–Kier alpha value is -3.66. The van der Waals surface area contributed by atoms with Gasteiger partial charge in [-0.2, -0.15) is 14.9 Å². The van der Waals surface area contributed by atoms with Crippen molar-refractivity contribution in [2.24, 2.45) is 0 Å². The lowest BCUT2D eigenvalue weighted by atomic mass is 9.95. The number of H-pyrrole nitrogens is 1. The minimum atomic E-state index is -0.333. The molecular weight excluding hydrogens is 394 g/mol. The third-order valence-corrected chi connectivity index (χ3v) is 5.14. The van der Waals surface area contributed by atoms with Gasteiger partial charge < -0.3 is 10.6 Å². The van der Waals surface area contributed by atoms with Gasteiger partial charge >= 0.3 is 0 Å². The van der Waals surface area contributed by atoms with Crippen LogP contribution in [0, 0.1) is 13.8 Å². The monoisotopic (exact) mass is 419 g/mol. The highest BCUT2D eigenvalue weighted by Crippen LogP contribution is 2.28. The third kappa shape index (κ3) is 4.92. The van der Waals surface area contributed by atoms with E-state index in [-0.39, 0.29) is 5.91 Å². The van der Waals surface area contributed by atoms with E-state index in [1.54, 1.807) is 42.5 Å². The number of carbonyl (C=O) groups excluding carboxylic acids is 1. The summed E-state index contributed by atoms with van der Waals surface area (Å²) in [5, 5.41) is 17.9. The van der Waals surface area contributed by atoms with Crippen LogP contribution in [0.1, 0.15) is 46.2 Å². The van der Waals surface area contributed by atoms with Gasteiger partial charge in [-0.3, -0.25) is 19.9 Å². The average molecular weight is 419 g/mol. The lowest BCUT2D eigenvalue weighted by Crippen LogP contribution is -2.26. The Morgan fingerprint density at radius 1 is 1.13 bits per heavy atom. The average Bonchev–Trinajstić information content (AvgIpc) is 3.23. The molecule has 10 heteroatoms. The van der Waals surface area contributed by atoms with E-state index < -0.39 is 0 Å². The number of nitrogens with zero attached hydrogens (tertiary/aromatic N) is 6. The number of aryl methyl sites for hydroxylation is 2. The summed E-state index contributed by atoms with van der Waals surface area (Å²) in [4.78, 5) is 26.1. The molecule has 1 aliphatic heterocycles. The lowest BCUT2D eigenvalue weighted by molar-refractivity contribution is 0.102. The molecule has 0 bridgehead atoms. The van der Waals surface area contributed by atoms with Crippen molar-refractivity contribution >= 4 is 11.7 Å². The van der Waals surface area contributed by atoms with E-state index in [1.807, 2.05) is 13.0 Å². The summed E-state index contributed by atoms with van der Waals surface area (Å²) in [5.74, 6) is 1.06. The highest BCUT2D eigenvalue weighted by Gasteiger charge is 2.22. The molecule has 160 valence electrons. The normalized spacial score (nSPS) is 14.1. The molecule has 31 heavy (non-hydrogen) atoms. The molecule has 0 atom stereocenters. The van der Waals surface area contributed by atoms with E-state index >= 15 is 0 Å². The van der Waals surface area contributed by atoms with Crippen LogP contribution in [0.2, 0.25) is 0 Å². The maximum Gasteiger partial charge on any atom is 0.260 e. The second-order valence-electron chi connectivity index (χ2n) is 7.38. The molecule has 1 aliphatic rings. The number of aromatic amines is 1. The molecule has 0 spiro atoms. The standard InChI is InChI=1S/C21H25N9O/c1-14-11-25-20(13-24-14)30-19(10-18(29-30)16-4-8-22-9-5-16)28-21(31)17-12-27-26-7-3-6-23-15(17)2/h3,6-7,10-13,16,22,26H,4-5,8-9H2,1-2H3,(H,28,31). The number of piperidine rings is 1. The van der Waals surface area contributed by atoms with Crippen molar-refractivity contribution in [3.8, 4) is 5.82 Å². The van der Waals surface area contributed by atoms with E-state index in [0.29, 0.717) is 28.8 Å². The minimum Gasteiger partial charge on any atom is -0.317 e. The van der Waals surface area contributed by atoms with Gasteiger partial charge in [0.2, 0.25) is 0 Å². The fourth-order valence-corrected chi connectivity index (χ4v) is 3.43. The summed E-state index contributed by atoms with van der Waals surface area (Å²) in [6.45, 7) is 5.54. The fraction of sp³-hybridized carbons (Fsp3) is 0.333. The zero-order valence-electron chi connectivity index (χ0n) is 17.5. The number of aromatic nitrogens is 7. The fourth-order valence-electron chi connectivity index (χ4n) is 3.43. The zero-order chi connectivity index (χ0) is 21.6. The van der Waals surface area contributed by atoms with Crippen molar-refractivity contribution in [3.05, 3.63) is 65.8 Å². The van der Waals surface area contributed by atoms with Gasteiger partial charge in [-0.15, -0.1) is 0 Å². The highest BCUT2D eigenvalue weighted by molar-refractivity contribution is 6.04. The Labute approximate surface area is 179 Å². The van der Waals surface area contributed by atoms with Gasteiger partial charge in [-0.1, -0.05) is 0 Å². The van der Waals surface area contributed by atoms with Gasteiger partial charge in [0.05, 0.1) is 41.2 Å². The first-order chi connectivity index (χ1) is 15.1. The zero-order valence-corrected chi connectivity index (χ0v) is 17.5. The Morgan fingerprint density at radius 2 is 1.97 bits per heavy atom. The predicted molar refractivity (Wildman–Crippen MR) is 115 cm³/mol. The van der Waals surface area contributed by atoms with Crippen LogP contribution in [0.3, 0.4) is 0 Å². The Kier molecular flexibility index (Phi) is 6.27. The number of hydrogen-bond acceptors (Lipinski definition) is 7. The summed E-state index contributed by atoms with van der Waals surface area (Å²) < 4.78 is 1.63. The molecular formula is C21H25N9O. The molecule has 3 N–H and O–H groups in total. The Balaban J connectivity index is 1.71. The molecule has 3 aromatic heterocycles. The number of rotatable bonds is 4. The molecule has 0 aromatic carbocycles. The maximum absolute atomic E-state index is 13.1. The topological polar surface area (TPSA) is 126 Å². The number of anilines is 1. The molecule has 4 rings (SSSR count). The summed E-state index contributed by atoms with van der Waals surface area (Å²) in [6, 6.07) is 3.62. The molecule has 4 heterocycles. The number of amides is 1. The first-order valence-electron chi connectivity index (χ1n) is 10.2. The van der Waals surface area contributed by atoms with E-state index in [2.05, 4.69) is 35.8 Å². The van der Waals surface area contributed by atoms with E-state index in [0.717, 1.165) is 37.3 Å². The van der Waals surface area contributed by atoms with Gasteiger partial charge in [-0.05, 0) is 45.8 Å². The van der Waals surface area contributed by atoms with E-state index in [1.165, 1.54) is 6.20 Å². The van der Waals surface area contributed by atoms with Crippen LogP contribution in [0.5, 0.6) is 0 Å². The summed E-state index contributed by atoms with van der Waals surface area (Å²) in [5.41, 5.74) is 2.63. The van der Waals surface area contributed by atoms with Crippen molar-refractivity contribution in [1.82, 2.24) is 40.2 Å². The van der Waals surface area contributed by atoms with E-state index in [9.17, 15) is 4.79 Å².